The quantitative estimate of drug-likeness (QED) is 0.544. The minimum Gasteiger partial charge on any atom is -0.550 e. The SMILES string of the molecule is CC(C)=C[C@@H]1C=C(C)[C@H](C)[C@H](C(=O)OCC[NH+](C)C)[C@@H]1C(=O)[O-]. The van der Waals surface area contributed by atoms with Gasteiger partial charge in [-0.25, -0.2) is 0 Å². The van der Waals surface area contributed by atoms with Crippen LogP contribution in [0.5, 0.6) is 0 Å². The van der Waals surface area contributed by atoms with Crippen LogP contribution >= 0.6 is 0 Å². The van der Waals surface area contributed by atoms with Crippen molar-refractivity contribution in [1.29, 1.82) is 0 Å². The van der Waals surface area contributed by atoms with Gasteiger partial charge < -0.3 is 19.5 Å². The number of ether oxygens (including phenoxy) is 1. The fourth-order valence-corrected chi connectivity index (χ4v) is 3.04. The lowest BCUT2D eigenvalue weighted by molar-refractivity contribution is -0.858. The zero-order valence-electron chi connectivity index (χ0n) is 15.0. The molecule has 0 aromatic rings. The van der Waals surface area contributed by atoms with Crippen molar-refractivity contribution >= 4 is 11.9 Å². The minimum absolute atomic E-state index is 0.168. The Kier molecular flexibility index (Phi) is 7.01. The number of likely N-dealkylation sites (N-methyl/N-ethyl adjacent to an activating group) is 1. The van der Waals surface area contributed by atoms with Crippen LogP contribution in [0.15, 0.2) is 23.3 Å². The summed E-state index contributed by atoms with van der Waals surface area (Å²) in [5.41, 5.74) is 2.04. The van der Waals surface area contributed by atoms with Gasteiger partial charge >= 0.3 is 5.97 Å². The molecule has 1 aliphatic carbocycles. The highest BCUT2D eigenvalue weighted by molar-refractivity contribution is 5.82. The highest BCUT2D eigenvalue weighted by Crippen LogP contribution is 2.39. The molecule has 0 bridgehead atoms. The molecule has 23 heavy (non-hydrogen) atoms. The first-order valence-corrected chi connectivity index (χ1v) is 8.15. The molecule has 0 saturated heterocycles. The summed E-state index contributed by atoms with van der Waals surface area (Å²) in [6.45, 7) is 8.63. The van der Waals surface area contributed by atoms with E-state index in [0.29, 0.717) is 13.2 Å². The Morgan fingerprint density at radius 2 is 1.91 bits per heavy atom. The molecular formula is C18H29NO4. The van der Waals surface area contributed by atoms with Gasteiger partial charge in [0, 0.05) is 17.8 Å². The maximum absolute atomic E-state index is 12.5. The number of hydrogen-bond donors (Lipinski definition) is 1. The van der Waals surface area contributed by atoms with E-state index in [-0.39, 0.29) is 11.8 Å². The second-order valence-corrected chi connectivity index (χ2v) is 7.02. The Hall–Kier alpha value is -1.62. The van der Waals surface area contributed by atoms with E-state index in [2.05, 4.69) is 0 Å². The summed E-state index contributed by atoms with van der Waals surface area (Å²) in [7, 11) is 3.94. The van der Waals surface area contributed by atoms with E-state index < -0.39 is 23.8 Å². The molecule has 0 aromatic carbocycles. The van der Waals surface area contributed by atoms with Crippen LogP contribution in [-0.2, 0) is 14.3 Å². The fourth-order valence-electron chi connectivity index (χ4n) is 3.04. The first-order chi connectivity index (χ1) is 10.6. The summed E-state index contributed by atoms with van der Waals surface area (Å²) in [5, 5.41) is 11.7. The molecule has 0 unspecified atom stereocenters. The van der Waals surface area contributed by atoms with E-state index >= 15 is 0 Å². The molecule has 130 valence electrons. The predicted molar refractivity (Wildman–Crippen MR) is 86.5 cm³/mol. The third kappa shape index (κ3) is 5.20. The molecule has 5 nitrogen and oxygen atoms in total. The highest BCUT2D eigenvalue weighted by Gasteiger charge is 2.42. The van der Waals surface area contributed by atoms with Crippen LogP contribution in [0, 0.1) is 23.7 Å². The van der Waals surface area contributed by atoms with Gasteiger partial charge in [0.15, 0.2) is 0 Å². The van der Waals surface area contributed by atoms with Crippen molar-refractivity contribution in [3.05, 3.63) is 23.3 Å². The second-order valence-electron chi connectivity index (χ2n) is 7.02. The largest absolute Gasteiger partial charge is 0.550 e. The number of carboxylic acid groups (broad SMARTS) is 1. The van der Waals surface area contributed by atoms with Crippen LogP contribution in [0.2, 0.25) is 0 Å². The number of rotatable bonds is 6. The normalized spacial score (nSPS) is 27.3. The molecule has 0 aliphatic heterocycles. The van der Waals surface area contributed by atoms with Crippen molar-refractivity contribution in [2.75, 3.05) is 27.2 Å². The van der Waals surface area contributed by atoms with Gasteiger partial charge in [-0.1, -0.05) is 30.2 Å². The van der Waals surface area contributed by atoms with Crippen molar-refractivity contribution in [3.63, 3.8) is 0 Å². The summed E-state index contributed by atoms with van der Waals surface area (Å²) in [5.74, 6) is -3.72. The van der Waals surface area contributed by atoms with Gasteiger partial charge in [0.25, 0.3) is 0 Å². The average molecular weight is 323 g/mol. The first kappa shape index (κ1) is 19.4. The summed E-state index contributed by atoms with van der Waals surface area (Å²) < 4.78 is 5.35. The molecule has 5 heteroatoms. The maximum atomic E-state index is 12.5. The number of hydrogen-bond acceptors (Lipinski definition) is 4. The van der Waals surface area contributed by atoms with Crippen LogP contribution in [0.1, 0.15) is 27.7 Å². The van der Waals surface area contributed by atoms with Crippen molar-refractivity contribution in [3.8, 4) is 0 Å². The number of carbonyl (C=O) groups is 2. The van der Waals surface area contributed by atoms with Gasteiger partial charge in [0.05, 0.1) is 20.0 Å². The van der Waals surface area contributed by atoms with Crippen LogP contribution in [-0.4, -0.2) is 39.2 Å². The van der Waals surface area contributed by atoms with E-state index in [9.17, 15) is 14.7 Å². The van der Waals surface area contributed by atoms with E-state index in [0.717, 1.165) is 11.1 Å². The molecule has 1 aliphatic rings. The number of quaternary nitrogens is 1. The lowest BCUT2D eigenvalue weighted by Crippen LogP contribution is -3.06. The van der Waals surface area contributed by atoms with Crippen LogP contribution < -0.4 is 10.0 Å². The number of allylic oxidation sites excluding steroid dienone is 4. The summed E-state index contributed by atoms with van der Waals surface area (Å²) in [4.78, 5) is 25.4. The molecule has 1 N–H and O–H groups in total. The predicted octanol–water partition coefficient (Wildman–Crippen LogP) is -0.165. The van der Waals surface area contributed by atoms with Crippen molar-refractivity contribution < 1.29 is 24.3 Å². The summed E-state index contributed by atoms with van der Waals surface area (Å²) in [6, 6.07) is 0. The first-order valence-electron chi connectivity index (χ1n) is 8.15. The standard InChI is InChI=1S/C18H29NO4/c1-11(2)9-14-10-12(3)13(4)15(16(14)17(20)21)18(22)23-8-7-19(5)6/h9-10,13-16H,7-8H2,1-6H3,(H,20,21)/t13-,14+,15-,16+/m0/s1. The highest BCUT2D eigenvalue weighted by atomic mass is 16.5. The lowest BCUT2D eigenvalue weighted by Gasteiger charge is -2.39. The molecule has 0 saturated carbocycles. The Bertz CT molecular complexity index is 503. The number of aliphatic carboxylic acids is 1. The second kappa shape index (κ2) is 8.29. The molecule has 0 spiro atoms. The Labute approximate surface area is 139 Å². The third-order valence-corrected chi connectivity index (χ3v) is 4.43. The van der Waals surface area contributed by atoms with Gasteiger partial charge in [-0.15, -0.1) is 0 Å². The average Bonchev–Trinajstić information content (AvgIpc) is 2.40. The smallest absolute Gasteiger partial charge is 0.310 e. The minimum atomic E-state index is -1.19. The van der Waals surface area contributed by atoms with Crippen LogP contribution in [0.3, 0.4) is 0 Å². The van der Waals surface area contributed by atoms with E-state index in [1.165, 1.54) is 4.90 Å². The Morgan fingerprint density at radius 1 is 1.30 bits per heavy atom. The van der Waals surface area contributed by atoms with Gasteiger partial charge in [-0.2, -0.15) is 0 Å². The molecule has 0 amide bonds. The molecule has 0 aromatic heterocycles. The van der Waals surface area contributed by atoms with Gasteiger partial charge in [0.2, 0.25) is 0 Å². The van der Waals surface area contributed by atoms with E-state index in [1.54, 1.807) is 0 Å². The molecule has 0 heterocycles. The molecule has 1 rings (SSSR count). The van der Waals surface area contributed by atoms with E-state index in [4.69, 9.17) is 4.74 Å². The lowest BCUT2D eigenvalue weighted by atomic mass is 9.67. The Balaban J connectivity index is 3.05. The molecule has 4 atom stereocenters. The van der Waals surface area contributed by atoms with Gasteiger partial charge in [0.1, 0.15) is 13.2 Å². The molecule has 0 fully saturated rings. The fraction of sp³-hybridized carbons (Fsp3) is 0.667. The number of nitrogens with one attached hydrogen (secondary N) is 1. The third-order valence-electron chi connectivity index (χ3n) is 4.43. The summed E-state index contributed by atoms with van der Waals surface area (Å²) >= 11 is 0. The molecule has 0 radical (unpaired) electrons. The van der Waals surface area contributed by atoms with Crippen LogP contribution in [0.25, 0.3) is 0 Å². The monoisotopic (exact) mass is 323 g/mol. The topological polar surface area (TPSA) is 70.9 Å². The maximum Gasteiger partial charge on any atom is 0.310 e. The number of esters is 1. The zero-order chi connectivity index (χ0) is 17.7. The van der Waals surface area contributed by atoms with E-state index in [1.807, 2.05) is 53.9 Å². The van der Waals surface area contributed by atoms with Gasteiger partial charge in [-0.3, -0.25) is 4.79 Å². The summed E-state index contributed by atoms with van der Waals surface area (Å²) in [6.07, 6.45) is 3.83. The Morgan fingerprint density at radius 3 is 2.39 bits per heavy atom. The van der Waals surface area contributed by atoms with Crippen LogP contribution in [0.4, 0.5) is 0 Å². The molecular weight excluding hydrogens is 294 g/mol. The van der Waals surface area contributed by atoms with Crippen molar-refractivity contribution in [1.82, 2.24) is 0 Å². The van der Waals surface area contributed by atoms with Crippen molar-refractivity contribution in [2.45, 2.75) is 27.7 Å². The number of carboxylic acids is 1. The zero-order valence-corrected chi connectivity index (χ0v) is 15.0. The number of carbonyl (C=O) groups excluding carboxylic acids is 2. The van der Waals surface area contributed by atoms with Crippen molar-refractivity contribution in [2.24, 2.45) is 23.7 Å². The van der Waals surface area contributed by atoms with Gasteiger partial charge in [-0.05, 0) is 26.7 Å².